The second-order valence-electron chi connectivity index (χ2n) is 7.21. The molecule has 0 N–H and O–H groups in total. The lowest BCUT2D eigenvalue weighted by atomic mass is 10.1. The number of hydrogen-bond acceptors (Lipinski definition) is 3. The Hall–Kier alpha value is -3.31. The van der Waals surface area contributed by atoms with E-state index in [1.165, 1.54) is 0 Å². The van der Waals surface area contributed by atoms with Gasteiger partial charge in [0.1, 0.15) is 10.9 Å². The first kappa shape index (κ1) is 20.0. The molecule has 0 saturated carbocycles. The minimum absolute atomic E-state index is 0.158. The van der Waals surface area contributed by atoms with Crippen LogP contribution < -0.4 is 4.74 Å². The topological polar surface area (TPSA) is 47.4 Å². The van der Waals surface area contributed by atoms with Crippen molar-refractivity contribution in [3.8, 4) is 11.4 Å². The Bertz CT molecular complexity index is 1220. The third kappa shape index (κ3) is 3.76. The van der Waals surface area contributed by atoms with E-state index in [1.54, 1.807) is 30.7 Å². The monoisotopic (exact) mass is 419 g/mol. The molecule has 1 amide bonds. The highest BCUT2D eigenvalue weighted by atomic mass is 35.5. The van der Waals surface area contributed by atoms with Gasteiger partial charge >= 0.3 is 0 Å². The number of carbonyl (C=O) groups is 1. The van der Waals surface area contributed by atoms with E-state index in [0.29, 0.717) is 23.0 Å². The van der Waals surface area contributed by atoms with E-state index in [0.717, 1.165) is 27.8 Å². The summed E-state index contributed by atoms with van der Waals surface area (Å²) in [5, 5.41) is 6.98. The van der Waals surface area contributed by atoms with Gasteiger partial charge in [0.25, 0.3) is 5.91 Å². The molecule has 0 aliphatic rings. The molecule has 152 valence electrons. The van der Waals surface area contributed by atoms with Crippen molar-refractivity contribution in [2.75, 3.05) is 14.2 Å². The van der Waals surface area contributed by atoms with E-state index in [2.05, 4.69) is 11.2 Å². The molecule has 4 rings (SSSR count). The van der Waals surface area contributed by atoms with E-state index in [4.69, 9.17) is 16.3 Å². The van der Waals surface area contributed by atoms with Crippen LogP contribution in [-0.2, 0) is 6.54 Å². The molecule has 0 bridgehead atoms. The minimum atomic E-state index is -0.158. The second kappa shape index (κ2) is 8.20. The number of carbonyl (C=O) groups excluding carboxylic acids is 1. The van der Waals surface area contributed by atoms with Gasteiger partial charge in [-0.2, -0.15) is 5.10 Å². The SMILES string of the molecule is COc1ccc2cc(CN(C)C(=O)c3c(C)nn(-c4ccccc4)c3Cl)ccc2c1. The molecule has 0 saturated heterocycles. The molecule has 3 aromatic carbocycles. The molecular weight excluding hydrogens is 398 g/mol. The molecule has 1 aromatic heterocycles. The van der Waals surface area contributed by atoms with Crippen LogP contribution in [0.4, 0.5) is 0 Å². The molecule has 0 aliphatic heterocycles. The highest BCUT2D eigenvalue weighted by molar-refractivity contribution is 6.33. The van der Waals surface area contributed by atoms with E-state index in [9.17, 15) is 4.79 Å². The zero-order valence-corrected chi connectivity index (χ0v) is 17.8. The van der Waals surface area contributed by atoms with Gasteiger partial charge in [-0.15, -0.1) is 0 Å². The van der Waals surface area contributed by atoms with Crippen molar-refractivity contribution in [1.82, 2.24) is 14.7 Å². The Kier molecular flexibility index (Phi) is 5.46. The lowest BCUT2D eigenvalue weighted by molar-refractivity contribution is 0.0784. The van der Waals surface area contributed by atoms with Gasteiger partial charge in [0.15, 0.2) is 0 Å². The number of hydrogen-bond donors (Lipinski definition) is 0. The lowest BCUT2D eigenvalue weighted by Gasteiger charge is -2.18. The van der Waals surface area contributed by atoms with Crippen LogP contribution in [0.25, 0.3) is 16.5 Å². The fraction of sp³-hybridized carbons (Fsp3) is 0.167. The molecule has 0 unspecified atom stereocenters. The number of methoxy groups -OCH3 is 1. The second-order valence-corrected chi connectivity index (χ2v) is 7.57. The molecule has 5 nitrogen and oxygen atoms in total. The molecule has 1 heterocycles. The van der Waals surface area contributed by atoms with Gasteiger partial charge in [-0.1, -0.05) is 48.0 Å². The van der Waals surface area contributed by atoms with Gasteiger partial charge in [-0.05, 0) is 53.6 Å². The number of ether oxygens (including phenoxy) is 1. The van der Waals surface area contributed by atoms with Crippen molar-refractivity contribution in [3.63, 3.8) is 0 Å². The number of aromatic nitrogens is 2. The number of amides is 1. The summed E-state index contributed by atoms with van der Waals surface area (Å²) >= 11 is 6.55. The number of para-hydroxylation sites is 1. The van der Waals surface area contributed by atoms with Gasteiger partial charge in [0.05, 0.1) is 24.1 Å². The molecule has 6 heteroatoms. The zero-order valence-electron chi connectivity index (χ0n) is 17.1. The molecule has 0 radical (unpaired) electrons. The molecule has 0 fully saturated rings. The minimum Gasteiger partial charge on any atom is -0.497 e. The maximum absolute atomic E-state index is 13.2. The van der Waals surface area contributed by atoms with Gasteiger partial charge in [0.2, 0.25) is 0 Å². The van der Waals surface area contributed by atoms with E-state index in [1.807, 2.05) is 60.7 Å². The average Bonchev–Trinajstić information content (AvgIpc) is 3.07. The maximum Gasteiger partial charge on any atom is 0.258 e. The summed E-state index contributed by atoms with van der Waals surface area (Å²) in [6.45, 7) is 2.27. The summed E-state index contributed by atoms with van der Waals surface area (Å²) in [4.78, 5) is 14.8. The van der Waals surface area contributed by atoms with Gasteiger partial charge in [-0.3, -0.25) is 4.79 Å². The van der Waals surface area contributed by atoms with Crippen molar-refractivity contribution < 1.29 is 9.53 Å². The first-order chi connectivity index (χ1) is 14.5. The Balaban J connectivity index is 1.58. The van der Waals surface area contributed by atoms with Crippen molar-refractivity contribution >= 4 is 28.3 Å². The van der Waals surface area contributed by atoms with E-state index < -0.39 is 0 Å². The van der Waals surface area contributed by atoms with Crippen molar-refractivity contribution in [1.29, 1.82) is 0 Å². The molecule has 0 aliphatic carbocycles. The van der Waals surface area contributed by atoms with Crippen LogP contribution in [0.2, 0.25) is 5.15 Å². The number of nitrogens with zero attached hydrogens (tertiary/aromatic N) is 3. The fourth-order valence-corrected chi connectivity index (χ4v) is 3.87. The molecule has 0 spiro atoms. The van der Waals surface area contributed by atoms with Crippen molar-refractivity contribution in [3.05, 3.63) is 88.7 Å². The van der Waals surface area contributed by atoms with Gasteiger partial charge in [-0.25, -0.2) is 4.68 Å². The maximum atomic E-state index is 13.2. The van der Waals surface area contributed by atoms with Crippen molar-refractivity contribution in [2.24, 2.45) is 0 Å². The summed E-state index contributed by atoms with van der Waals surface area (Å²) in [7, 11) is 3.43. The fourth-order valence-electron chi connectivity index (χ4n) is 3.52. The van der Waals surface area contributed by atoms with Crippen LogP contribution in [0.1, 0.15) is 21.6 Å². The van der Waals surface area contributed by atoms with Crippen LogP contribution in [-0.4, -0.2) is 34.7 Å². The summed E-state index contributed by atoms with van der Waals surface area (Å²) in [6.07, 6.45) is 0. The predicted octanol–water partition coefficient (Wildman–Crippen LogP) is 5.27. The predicted molar refractivity (Wildman–Crippen MR) is 120 cm³/mol. The summed E-state index contributed by atoms with van der Waals surface area (Å²) in [6, 6.07) is 21.6. The number of fused-ring (bicyclic) bond motifs is 1. The van der Waals surface area contributed by atoms with Crippen LogP contribution in [0.5, 0.6) is 5.75 Å². The van der Waals surface area contributed by atoms with Gasteiger partial charge in [0, 0.05) is 13.6 Å². The Morgan fingerprint density at radius 2 is 1.77 bits per heavy atom. The summed E-state index contributed by atoms with van der Waals surface area (Å²) < 4.78 is 6.88. The Morgan fingerprint density at radius 3 is 2.50 bits per heavy atom. The quantitative estimate of drug-likeness (QED) is 0.442. The summed E-state index contributed by atoms with van der Waals surface area (Å²) in [5.41, 5.74) is 2.88. The number of rotatable bonds is 5. The van der Waals surface area contributed by atoms with Gasteiger partial charge < -0.3 is 9.64 Å². The Labute approximate surface area is 180 Å². The molecule has 0 atom stereocenters. The highest BCUT2D eigenvalue weighted by Gasteiger charge is 2.24. The van der Waals surface area contributed by atoms with E-state index >= 15 is 0 Å². The van der Waals surface area contributed by atoms with Crippen LogP contribution in [0.3, 0.4) is 0 Å². The average molecular weight is 420 g/mol. The third-order valence-electron chi connectivity index (χ3n) is 5.10. The zero-order chi connectivity index (χ0) is 21.3. The smallest absolute Gasteiger partial charge is 0.258 e. The molecular formula is C24H22ClN3O2. The van der Waals surface area contributed by atoms with Crippen LogP contribution >= 0.6 is 11.6 Å². The van der Waals surface area contributed by atoms with Crippen molar-refractivity contribution in [2.45, 2.75) is 13.5 Å². The lowest BCUT2D eigenvalue weighted by Crippen LogP contribution is -2.26. The van der Waals surface area contributed by atoms with Crippen LogP contribution in [0, 0.1) is 6.92 Å². The third-order valence-corrected chi connectivity index (χ3v) is 5.45. The van der Waals surface area contributed by atoms with E-state index in [-0.39, 0.29) is 5.91 Å². The Morgan fingerprint density at radius 1 is 1.07 bits per heavy atom. The number of halogens is 1. The largest absolute Gasteiger partial charge is 0.497 e. The normalized spacial score (nSPS) is 10.9. The number of benzene rings is 3. The molecule has 30 heavy (non-hydrogen) atoms. The highest BCUT2D eigenvalue weighted by Crippen LogP contribution is 2.26. The first-order valence-electron chi connectivity index (χ1n) is 9.60. The molecule has 4 aromatic rings. The summed E-state index contributed by atoms with van der Waals surface area (Å²) in [5.74, 6) is 0.664. The van der Waals surface area contributed by atoms with Crippen LogP contribution in [0.15, 0.2) is 66.7 Å². The number of aryl methyl sites for hydroxylation is 1. The standard InChI is InChI=1S/C24H22ClN3O2/c1-16-22(23(25)28(26-16)20-7-5-4-6-8-20)24(29)27(2)15-17-9-10-19-14-21(30-3)12-11-18(19)13-17/h4-14H,15H2,1-3H3. The first-order valence-corrected chi connectivity index (χ1v) is 9.98.